The van der Waals surface area contributed by atoms with Gasteiger partial charge in [-0.1, -0.05) is 0 Å². The number of thiophene rings is 1. The van der Waals surface area contributed by atoms with E-state index in [1.165, 1.54) is 16.0 Å². The minimum absolute atomic E-state index is 0.130. The lowest BCUT2D eigenvalue weighted by Crippen LogP contribution is -2.46. The summed E-state index contributed by atoms with van der Waals surface area (Å²) in [4.78, 5) is 32.3. The van der Waals surface area contributed by atoms with E-state index < -0.39 is 0 Å². The number of carbonyl (C=O) groups excluding carboxylic acids is 1. The molecule has 29 heavy (non-hydrogen) atoms. The molecule has 0 aliphatic carbocycles. The summed E-state index contributed by atoms with van der Waals surface area (Å²) in [6, 6.07) is 5.26. The normalized spacial score (nSPS) is 20.5. The smallest absolute Gasteiger partial charge is 0.269 e. The zero-order chi connectivity index (χ0) is 20.4. The van der Waals surface area contributed by atoms with Crippen molar-refractivity contribution >= 4 is 22.9 Å². The van der Waals surface area contributed by atoms with Crippen LogP contribution in [0.1, 0.15) is 34.1 Å². The quantitative estimate of drug-likeness (QED) is 0.758. The average Bonchev–Trinajstić information content (AvgIpc) is 3.22. The summed E-state index contributed by atoms with van der Waals surface area (Å²) in [7, 11) is 2.10. The highest BCUT2D eigenvalue weighted by Crippen LogP contribution is 2.25. The molecule has 0 unspecified atom stereocenters. The number of carbonyl (C=O) groups is 1. The Morgan fingerprint density at radius 2 is 2.07 bits per heavy atom. The number of amides is 1. The minimum Gasteiger partial charge on any atom is -0.368 e. The summed E-state index contributed by atoms with van der Waals surface area (Å²) in [5.74, 6) is -0.136. The van der Waals surface area contributed by atoms with E-state index in [0.29, 0.717) is 23.5 Å². The van der Waals surface area contributed by atoms with Crippen molar-refractivity contribution in [3.8, 4) is 6.07 Å². The number of hydrogen-bond acceptors (Lipinski definition) is 7. The number of anilines is 1. The molecule has 2 aromatic heterocycles. The van der Waals surface area contributed by atoms with Gasteiger partial charge in [-0.15, -0.1) is 11.3 Å². The fraction of sp³-hybridized carbons (Fsp3) is 0.500. The van der Waals surface area contributed by atoms with Gasteiger partial charge in [-0.2, -0.15) is 10.4 Å². The molecule has 1 atom stereocenters. The van der Waals surface area contributed by atoms with Crippen molar-refractivity contribution in [2.24, 2.45) is 0 Å². The number of likely N-dealkylation sites (tertiary alicyclic amines) is 1. The monoisotopic (exact) mass is 412 g/mol. The molecule has 2 aliphatic heterocycles. The number of rotatable bonds is 3. The highest BCUT2D eigenvalue weighted by atomic mass is 32.1. The van der Waals surface area contributed by atoms with Gasteiger partial charge < -0.3 is 14.7 Å². The maximum atomic E-state index is 12.9. The fourth-order valence-electron chi connectivity index (χ4n) is 3.97. The first-order valence-corrected chi connectivity index (χ1v) is 10.7. The predicted octanol–water partition coefficient (Wildman–Crippen LogP) is 1.41. The van der Waals surface area contributed by atoms with Crippen LogP contribution in [0.5, 0.6) is 0 Å². The second-order valence-electron chi connectivity index (χ2n) is 7.61. The van der Waals surface area contributed by atoms with E-state index >= 15 is 0 Å². The molecule has 0 N–H and O–H groups in total. The van der Waals surface area contributed by atoms with Crippen LogP contribution in [0.4, 0.5) is 5.69 Å². The van der Waals surface area contributed by atoms with Crippen LogP contribution >= 0.6 is 11.3 Å². The van der Waals surface area contributed by atoms with E-state index in [1.54, 1.807) is 28.6 Å². The molecular formula is C20H24N6O2S. The lowest BCUT2D eigenvalue weighted by Gasteiger charge is -2.35. The van der Waals surface area contributed by atoms with Crippen molar-refractivity contribution in [1.82, 2.24) is 19.6 Å². The lowest BCUT2D eigenvalue weighted by molar-refractivity contribution is 0.0674. The Hall–Kier alpha value is -2.70. The molecule has 8 nitrogen and oxygen atoms in total. The van der Waals surface area contributed by atoms with E-state index in [0.717, 1.165) is 44.7 Å². The molecule has 0 radical (unpaired) electrons. The Kier molecular flexibility index (Phi) is 5.65. The molecule has 2 aliphatic rings. The molecule has 4 rings (SSSR count). The van der Waals surface area contributed by atoms with Gasteiger partial charge in [0.1, 0.15) is 10.9 Å². The Balaban J connectivity index is 1.49. The van der Waals surface area contributed by atoms with Crippen molar-refractivity contribution in [3.05, 3.63) is 44.5 Å². The molecule has 9 heteroatoms. The third-order valence-electron chi connectivity index (χ3n) is 5.69. The molecule has 2 aromatic rings. The number of piperidine rings is 1. The molecule has 0 spiro atoms. The standard InChI is InChI=1S/C20H24N6O2S/c1-23-6-8-24(9-7-23)17-11-18(27)26(22-13-17)16-3-2-5-25(14-16)20(28)19-15(12-21)4-10-29-19/h4,10-11,13,16H,2-3,5-9,14H2,1H3/t16-/m0/s1. The number of nitrogens with zero attached hydrogens (tertiary/aromatic N) is 6. The summed E-state index contributed by atoms with van der Waals surface area (Å²) in [6.07, 6.45) is 3.37. The Bertz CT molecular complexity index is 985. The molecular weight excluding hydrogens is 388 g/mol. The fourth-order valence-corrected chi connectivity index (χ4v) is 4.78. The Morgan fingerprint density at radius 3 is 2.79 bits per heavy atom. The summed E-state index contributed by atoms with van der Waals surface area (Å²) in [6.45, 7) is 4.77. The second kappa shape index (κ2) is 8.35. The molecule has 0 saturated carbocycles. The van der Waals surface area contributed by atoms with E-state index in [1.807, 2.05) is 0 Å². The SMILES string of the molecule is CN1CCN(c2cnn([C@H]3CCCN(C(=O)c4sccc4C#N)C3)c(=O)c2)CC1. The van der Waals surface area contributed by atoms with Crippen LogP contribution in [0.3, 0.4) is 0 Å². The van der Waals surface area contributed by atoms with Gasteiger partial charge in [0.15, 0.2) is 0 Å². The van der Waals surface area contributed by atoms with Gasteiger partial charge in [0, 0.05) is 45.3 Å². The molecule has 2 saturated heterocycles. The zero-order valence-electron chi connectivity index (χ0n) is 16.5. The number of nitriles is 1. The van der Waals surface area contributed by atoms with Crippen molar-refractivity contribution in [1.29, 1.82) is 5.26 Å². The van der Waals surface area contributed by atoms with E-state index in [2.05, 4.69) is 28.0 Å². The Morgan fingerprint density at radius 1 is 1.28 bits per heavy atom. The van der Waals surface area contributed by atoms with E-state index in [9.17, 15) is 14.9 Å². The highest BCUT2D eigenvalue weighted by Gasteiger charge is 2.28. The van der Waals surface area contributed by atoms with Crippen LogP contribution < -0.4 is 10.5 Å². The average molecular weight is 413 g/mol. The molecule has 4 heterocycles. The molecule has 152 valence electrons. The summed E-state index contributed by atoms with van der Waals surface area (Å²) in [5.41, 5.74) is 1.14. The first-order valence-electron chi connectivity index (χ1n) is 9.86. The molecule has 0 aromatic carbocycles. The van der Waals surface area contributed by atoms with Crippen molar-refractivity contribution in [2.45, 2.75) is 18.9 Å². The van der Waals surface area contributed by atoms with Crippen LogP contribution in [0, 0.1) is 11.3 Å². The first-order chi connectivity index (χ1) is 14.1. The highest BCUT2D eigenvalue weighted by molar-refractivity contribution is 7.12. The number of piperazine rings is 1. The number of likely N-dealkylation sites (N-methyl/N-ethyl adjacent to an activating group) is 1. The van der Waals surface area contributed by atoms with E-state index in [-0.39, 0.29) is 17.5 Å². The zero-order valence-corrected chi connectivity index (χ0v) is 17.3. The van der Waals surface area contributed by atoms with Gasteiger partial charge in [-0.25, -0.2) is 4.68 Å². The third-order valence-corrected chi connectivity index (χ3v) is 6.59. The minimum atomic E-state index is -0.146. The summed E-state index contributed by atoms with van der Waals surface area (Å²) < 4.78 is 1.51. The van der Waals surface area contributed by atoms with Crippen LogP contribution in [0.25, 0.3) is 0 Å². The van der Waals surface area contributed by atoms with Crippen molar-refractivity contribution in [2.75, 3.05) is 51.2 Å². The maximum absolute atomic E-state index is 12.9. The first kappa shape index (κ1) is 19.6. The topological polar surface area (TPSA) is 85.5 Å². The number of hydrogen-bond donors (Lipinski definition) is 0. The van der Waals surface area contributed by atoms with Crippen LogP contribution in [-0.2, 0) is 0 Å². The lowest BCUT2D eigenvalue weighted by atomic mass is 10.1. The van der Waals surface area contributed by atoms with Gasteiger partial charge >= 0.3 is 0 Å². The van der Waals surface area contributed by atoms with Gasteiger partial charge in [0.25, 0.3) is 11.5 Å². The van der Waals surface area contributed by atoms with Crippen molar-refractivity contribution in [3.63, 3.8) is 0 Å². The third kappa shape index (κ3) is 4.04. The predicted molar refractivity (Wildman–Crippen MR) is 111 cm³/mol. The summed E-state index contributed by atoms with van der Waals surface area (Å²) >= 11 is 1.29. The van der Waals surface area contributed by atoms with Crippen LogP contribution in [-0.4, -0.2) is 71.8 Å². The summed E-state index contributed by atoms with van der Waals surface area (Å²) in [5, 5.41) is 15.4. The van der Waals surface area contributed by atoms with Crippen LogP contribution in [0.15, 0.2) is 28.5 Å². The van der Waals surface area contributed by atoms with Crippen LogP contribution in [0.2, 0.25) is 0 Å². The van der Waals surface area contributed by atoms with Crippen molar-refractivity contribution < 1.29 is 4.79 Å². The second-order valence-corrected chi connectivity index (χ2v) is 8.53. The van der Waals surface area contributed by atoms with Gasteiger partial charge in [0.05, 0.1) is 23.5 Å². The largest absolute Gasteiger partial charge is 0.368 e. The molecule has 2 fully saturated rings. The maximum Gasteiger partial charge on any atom is 0.269 e. The molecule has 0 bridgehead atoms. The van der Waals surface area contributed by atoms with Gasteiger partial charge in [-0.05, 0) is 31.3 Å². The van der Waals surface area contributed by atoms with Gasteiger partial charge in [-0.3, -0.25) is 9.59 Å². The molecule has 1 amide bonds. The van der Waals surface area contributed by atoms with Gasteiger partial charge in [0.2, 0.25) is 0 Å². The van der Waals surface area contributed by atoms with E-state index in [4.69, 9.17) is 0 Å². The Labute approximate surface area is 173 Å². The number of aromatic nitrogens is 2.